The molecule has 0 bridgehead atoms. The van der Waals surface area contributed by atoms with Crippen molar-refractivity contribution < 1.29 is 14.2 Å². The Labute approximate surface area is 192 Å². The lowest BCUT2D eigenvalue weighted by Crippen LogP contribution is -2.23. The summed E-state index contributed by atoms with van der Waals surface area (Å²) in [4.78, 5) is 9.32. The Morgan fingerprint density at radius 2 is 2.06 bits per heavy atom. The van der Waals surface area contributed by atoms with Gasteiger partial charge in [-0.3, -0.25) is 0 Å². The van der Waals surface area contributed by atoms with Crippen LogP contribution in [0.5, 0.6) is 5.75 Å². The minimum absolute atomic E-state index is 0.251. The van der Waals surface area contributed by atoms with Crippen molar-refractivity contribution in [2.45, 2.75) is 25.3 Å². The molecular weight excluding hydrogens is 416 g/mol. The normalized spacial score (nSPS) is 19.4. The van der Waals surface area contributed by atoms with Gasteiger partial charge in [-0.1, -0.05) is 12.1 Å². The summed E-state index contributed by atoms with van der Waals surface area (Å²) < 4.78 is 17.1. The Morgan fingerprint density at radius 1 is 1.12 bits per heavy atom. The van der Waals surface area contributed by atoms with Crippen molar-refractivity contribution in [2.75, 3.05) is 32.2 Å². The molecule has 168 valence electrons. The van der Waals surface area contributed by atoms with Crippen molar-refractivity contribution in [3.63, 3.8) is 0 Å². The molecule has 6 rings (SSSR count). The van der Waals surface area contributed by atoms with Crippen molar-refractivity contribution in [2.24, 2.45) is 0 Å². The van der Waals surface area contributed by atoms with Gasteiger partial charge in [-0.15, -0.1) is 0 Å². The number of anilines is 2. The lowest BCUT2D eigenvalue weighted by atomic mass is 9.90. The maximum absolute atomic E-state index is 5.80. The van der Waals surface area contributed by atoms with E-state index in [1.54, 1.807) is 7.11 Å². The Bertz CT molecular complexity index is 1280. The van der Waals surface area contributed by atoms with Gasteiger partial charge < -0.3 is 24.8 Å². The maximum atomic E-state index is 5.80. The molecule has 1 aromatic heterocycles. The summed E-state index contributed by atoms with van der Waals surface area (Å²) in [5.74, 6) is 3.42. The van der Waals surface area contributed by atoms with E-state index in [2.05, 4.69) is 52.0 Å². The molecule has 0 saturated heterocycles. The topological polar surface area (TPSA) is 77.5 Å². The average Bonchev–Trinajstić information content (AvgIpc) is 2.87. The van der Waals surface area contributed by atoms with Gasteiger partial charge in [0.1, 0.15) is 24.7 Å². The molecule has 0 fully saturated rings. The SMILES string of the molecule is COc1cc2c(cc1Nc1ncc3cc(C4C=CC5=C(C4)OCCO5)ccc3n1)CNCC2. The third-order valence-electron chi connectivity index (χ3n) is 6.46. The molecule has 3 aliphatic rings. The van der Waals surface area contributed by atoms with E-state index in [1.165, 1.54) is 16.7 Å². The standard InChI is InChI=1S/C26H26N4O3/c1-31-24-12-18-6-7-27-14-19(18)11-22(24)30-26-28-15-20-10-16(2-4-21(20)29-26)17-3-5-23-25(13-17)33-9-8-32-23/h2-5,10-12,15,17,27H,6-9,13-14H2,1H3,(H,28,29,30). The Morgan fingerprint density at radius 3 is 3.00 bits per heavy atom. The van der Waals surface area contributed by atoms with Crippen LogP contribution in [0.3, 0.4) is 0 Å². The van der Waals surface area contributed by atoms with Gasteiger partial charge in [0.15, 0.2) is 5.76 Å². The summed E-state index contributed by atoms with van der Waals surface area (Å²) in [6, 6.07) is 10.6. The predicted molar refractivity (Wildman–Crippen MR) is 127 cm³/mol. The first-order valence-electron chi connectivity index (χ1n) is 11.4. The fourth-order valence-corrected chi connectivity index (χ4v) is 4.71. The number of hydrogen-bond acceptors (Lipinski definition) is 7. The Hall–Kier alpha value is -3.58. The molecule has 1 unspecified atom stereocenters. The van der Waals surface area contributed by atoms with Gasteiger partial charge in [0.05, 0.1) is 18.3 Å². The maximum Gasteiger partial charge on any atom is 0.227 e. The molecule has 0 spiro atoms. The van der Waals surface area contributed by atoms with Gasteiger partial charge in [-0.2, -0.15) is 0 Å². The molecule has 0 amide bonds. The monoisotopic (exact) mass is 442 g/mol. The average molecular weight is 443 g/mol. The molecule has 1 atom stereocenters. The molecular formula is C26H26N4O3. The van der Waals surface area contributed by atoms with Crippen LogP contribution in [0.4, 0.5) is 11.6 Å². The summed E-state index contributed by atoms with van der Waals surface area (Å²) in [5.41, 5.74) is 5.59. The van der Waals surface area contributed by atoms with Crippen LogP contribution in [0.25, 0.3) is 10.9 Å². The molecule has 33 heavy (non-hydrogen) atoms. The van der Waals surface area contributed by atoms with Crippen LogP contribution in [0.2, 0.25) is 0 Å². The lowest BCUT2D eigenvalue weighted by Gasteiger charge is -2.26. The first-order chi connectivity index (χ1) is 16.3. The third-order valence-corrected chi connectivity index (χ3v) is 6.46. The van der Waals surface area contributed by atoms with Crippen molar-refractivity contribution in [1.29, 1.82) is 0 Å². The summed E-state index contributed by atoms with van der Waals surface area (Å²) in [7, 11) is 1.69. The van der Waals surface area contributed by atoms with Crippen LogP contribution in [-0.4, -0.2) is 36.8 Å². The molecule has 2 N–H and O–H groups in total. The zero-order valence-electron chi connectivity index (χ0n) is 18.6. The molecule has 0 radical (unpaired) electrons. The highest BCUT2D eigenvalue weighted by Gasteiger charge is 2.23. The smallest absolute Gasteiger partial charge is 0.227 e. The number of aromatic nitrogens is 2. The van der Waals surface area contributed by atoms with E-state index in [9.17, 15) is 0 Å². The van der Waals surface area contributed by atoms with Crippen LogP contribution in [0, 0.1) is 0 Å². The van der Waals surface area contributed by atoms with Crippen molar-refractivity contribution in [3.8, 4) is 5.75 Å². The van der Waals surface area contributed by atoms with E-state index in [1.807, 2.05) is 12.3 Å². The fourth-order valence-electron chi connectivity index (χ4n) is 4.71. The molecule has 0 saturated carbocycles. The number of benzene rings is 2. The predicted octanol–water partition coefficient (Wildman–Crippen LogP) is 4.33. The van der Waals surface area contributed by atoms with Gasteiger partial charge >= 0.3 is 0 Å². The van der Waals surface area contributed by atoms with Crippen molar-refractivity contribution in [3.05, 3.63) is 76.9 Å². The van der Waals surface area contributed by atoms with Crippen LogP contribution in [0.15, 0.2) is 60.2 Å². The molecule has 2 aliphatic heterocycles. The molecule has 7 heteroatoms. The van der Waals surface area contributed by atoms with Crippen LogP contribution in [-0.2, 0) is 22.4 Å². The second kappa shape index (κ2) is 8.41. The molecule has 7 nitrogen and oxygen atoms in total. The Balaban J connectivity index is 1.25. The van der Waals surface area contributed by atoms with E-state index in [4.69, 9.17) is 19.2 Å². The summed E-state index contributed by atoms with van der Waals surface area (Å²) in [6.45, 7) is 3.09. The van der Waals surface area contributed by atoms with Crippen LogP contribution in [0.1, 0.15) is 29.0 Å². The summed E-state index contributed by atoms with van der Waals surface area (Å²) >= 11 is 0. The number of nitrogens with one attached hydrogen (secondary N) is 2. The lowest BCUT2D eigenvalue weighted by molar-refractivity contribution is 0.0617. The highest BCUT2D eigenvalue weighted by Crippen LogP contribution is 2.35. The van der Waals surface area contributed by atoms with E-state index in [0.29, 0.717) is 19.2 Å². The Kier molecular flexibility index (Phi) is 5.11. The second-order valence-electron chi connectivity index (χ2n) is 8.54. The number of methoxy groups -OCH3 is 1. The van der Waals surface area contributed by atoms with Crippen LogP contribution >= 0.6 is 0 Å². The van der Waals surface area contributed by atoms with E-state index >= 15 is 0 Å². The number of rotatable bonds is 4. The third kappa shape index (κ3) is 3.89. The molecule has 2 aromatic carbocycles. The fraction of sp³-hybridized carbons (Fsp3) is 0.308. The first-order valence-corrected chi connectivity index (χ1v) is 11.4. The van der Waals surface area contributed by atoms with Gasteiger partial charge in [0.25, 0.3) is 0 Å². The summed E-state index contributed by atoms with van der Waals surface area (Å²) in [5, 5.41) is 7.78. The highest BCUT2D eigenvalue weighted by molar-refractivity contribution is 5.80. The van der Waals surface area contributed by atoms with E-state index in [0.717, 1.165) is 59.8 Å². The van der Waals surface area contributed by atoms with Crippen LogP contribution < -0.4 is 15.4 Å². The highest BCUT2D eigenvalue weighted by atomic mass is 16.6. The second-order valence-corrected chi connectivity index (χ2v) is 8.54. The number of hydrogen-bond donors (Lipinski definition) is 2. The van der Waals surface area contributed by atoms with Gasteiger partial charge in [0.2, 0.25) is 5.95 Å². The molecule has 3 heterocycles. The molecule has 3 aromatic rings. The van der Waals surface area contributed by atoms with E-state index < -0.39 is 0 Å². The number of nitrogens with zero attached hydrogens (tertiary/aromatic N) is 2. The minimum Gasteiger partial charge on any atom is -0.495 e. The minimum atomic E-state index is 0.251. The van der Waals surface area contributed by atoms with E-state index in [-0.39, 0.29) is 5.92 Å². The van der Waals surface area contributed by atoms with Gasteiger partial charge in [-0.05, 0) is 60.0 Å². The summed E-state index contributed by atoms with van der Waals surface area (Å²) in [6.07, 6.45) is 7.90. The first kappa shape index (κ1) is 20.1. The van der Waals surface area contributed by atoms with Crippen molar-refractivity contribution >= 4 is 22.5 Å². The zero-order valence-corrected chi connectivity index (χ0v) is 18.6. The quantitative estimate of drug-likeness (QED) is 0.623. The zero-order chi connectivity index (χ0) is 22.2. The van der Waals surface area contributed by atoms with Crippen molar-refractivity contribution in [1.82, 2.24) is 15.3 Å². The van der Waals surface area contributed by atoms with Gasteiger partial charge in [-0.25, -0.2) is 9.97 Å². The number of allylic oxidation sites excluding steroid dienone is 3. The number of ether oxygens (including phenoxy) is 3. The largest absolute Gasteiger partial charge is 0.495 e. The van der Waals surface area contributed by atoms with Gasteiger partial charge in [0, 0.05) is 30.5 Å². The molecule has 1 aliphatic carbocycles. The number of fused-ring (bicyclic) bond motifs is 2.